The topological polar surface area (TPSA) is 41.6 Å². The van der Waals surface area contributed by atoms with Gasteiger partial charge in [-0.05, 0) is 31.3 Å². The zero-order chi connectivity index (χ0) is 13.2. The summed E-state index contributed by atoms with van der Waals surface area (Å²) < 4.78 is 5.28. The molecule has 0 aromatic rings. The van der Waals surface area contributed by atoms with Crippen LogP contribution in [0.25, 0.3) is 0 Å². The highest BCUT2D eigenvalue weighted by atomic mass is 16.5. The SMILES string of the molecule is CCCCN(CCC)C(=O)NC=C1CCOCC1. The molecule has 0 atom stereocenters. The Hall–Kier alpha value is -1.03. The lowest BCUT2D eigenvalue weighted by Crippen LogP contribution is -2.39. The summed E-state index contributed by atoms with van der Waals surface area (Å²) in [6.07, 6.45) is 6.93. The second kappa shape index (κ2) is 8.97. The zero-order valence-electron chi connectivity index (χ0n) is 11.7. The maximum atomic E-state index is 12.0. The zero-order valence-corrected chi connectivity index (χ0v) is 11.7. The number of hydrogen-bond donors (Lipinski definition) is 1. The number of urea groups is 1. The Bertz CT molecular complexity index is 269. The summed E-state index contributed by atoms with van der Waals surface area (Å²) in [4.78, 5) is 13.9. The van der Waals surface area contributed by atoms with Crippen LogP contribution in [0.5, 0.6) is 0 Å². The van der Waals surface area contributed by atoms with Gasteiger partial charge < -0.3 is 15.0 Å². The Labute approximate surface area is 110 Å². The van der Waals surface area contributed by atoms with E-state index in [1.54, 1.807) is 0 Å². The van der Waals surface area contributed by atoms with E-state index in [0.29, 0.717) is 0 Å². The summed E-state index contributed by atoms with van der Waals surface area (Å²) in [5.74, 6) is 0. The van der Waals surface area contributed by atoms with Crippen LogP contribution in [0, 0.1) is 0 Å². The first kappa shape index (κ1) is 15.0. The molecule has 4 heteroatoms. The van der Waals surface area contributed by atoms with Gasteiger partial charge in [-0.3, -0.25) is 0 Å². The van der Waals surface area contributed by atoms with E-state index in [2.05, 4.69) is 19.2 Å². The van der Waals surface area contributed by atoms with Crippen LogP contribution in [-0.4, -0.2) is 37.2 Å². The maximum Gasteiger partial charge on any atom is 0.321 e. The fraction of sp³-hybridized carbons (Fsp3) is 0.786. The molecule has 18 heavy (non-hydrogen) atoms. The van der Waals surface area contributed by atoms with Crippen LogP contribution >= 0.6 is 0 Å². The predicted molar refractivity (Wildman–Crippen MR) is 73.4 cm³/mol. The molecule has 1 aliphatic heterocycles. The van der Waals surface area contributed by atoms with Gasteiger partial charge in [0.25, 0.3) is 0 Å². The summed E-state index contributed by atoms with van der Waals surface area (Å²) in [5, 5.41) is 2.92. The molecule has 1 fully saturated rings. The second-order valence-electron chi connectivity index (χ2n) is 4.71. The van der Waals surface area contributed by atoms with E-state index in [1.807, 2.05) is 11.1 Å². The van der Waals surface area contributed by atoms with Crippen LogP contribution in [0.15, 0.2) is 11.8 Å². The minimum absolute atomic E-state index is 0.0318. The lowest BCUT2D eigenvalue weighted by Gasteiger charge is -2.22. The quantitative estimate of drug-likeness (QED) is 0.792. The molecule has 1 heterocycles. The lowest BCUT2D eigenvalue weighted by atomic mass is 10.1. The second-order valence-corrected chi connectivity index (χ2v) is 4.71. The van der Waals surface area contributed by atoms with Crippen LogP contribution in [0.4, 0.5) is 4.79 Å². The van der Waals surface area contributed by atoms with Crippen molar-refractivity contribution in [3.8, 4) is 0 Å². The van der Waals surface area contributed by atoms with Crippen molar-refractivity contribution < 1.29 is 9.53 Å². The van der Waals surface area contributed by atoms with Crippen molar-refractivity contribution >= 4 is 6.03 Å². The smallest absolute Gasteiger partial charge is 0.321 e. The van der Waals surface area contributed by atoms with Gasteiger partial charge in [0.1, 0.15) is 0 Å². The molecule has 0 aliphatic carbocycles. The predicted octanol–water partition coefficient (Wildman–Crippen LogP) is 2.90. The Morgan fingerprint density at radius 3 is 2.61 bits per heavy atom. The van der Waals surface area contributed by atoms with E-state index in [1.165, 1.54) is 5.57 Å². The van der Waals surface area contributed by atoms with Gasteiger partial charge in [-0.25, -0.2) is 4.79 Å². The van der Waals surface area contributed by atoms with Gasteiger partial charge in [0.2, 0.25) is 0 Å². The van der Waals surface area contributed by atoms with Crippen molar-refractivity contribution in [2.24, 2.45) is 0 Å². The van der Waals surface area contributed by atoms with Gasteiger partial charge in [-0.2, -0.15) is 0 Å². The molecule has 1 N–H and O–H groups in total. The molecular weight excluding hydrogens is 228 g/mol. The van der Waals surface area contributed by atoms with Crippen molar-refractivity contribution in [1.82, 2.24) is 10.2 Å². The average molecular weight is 254 g/mol. The number of hydrogen-bond acceptors (Lipinski definition) is 2. The monoisotopic (exact) mass is 254 g/mol. The summed E-state index contributed by atoms with van der Waals surface area (Å²) in [7, 11) is 0. The van der Waals surface area contributed by atoms with Crippen molar-refractivity contribution in [2.75, 3.05) is 26.3 Å². The summed E-state index contributed by atoms with van der Waals surface area (Å²) in [6, 6.07) is 0.0318. The Morgan fingerprint density at radius 1 is 1.28 bits per heavy atom. The van der Waals surface area contributed by atoms with E-state index in [0.717, 1.165) is 58.4 Å². The minimum atomic E-state index is 0.0318. The molecule has 0 aromatic heterocycles. The van der Waals surface area contributed by atoms with Gasteiger partial charge in [0, 0.05) is 19.3 Å². The van der Waals surface area contributed by atoms with Gasteiger partial charge in [0.15, 0.2) is 0 Å². The number of ether oxygens (including phenoxy) is 1. The molecule has 1 aliphatic rings. The fourth-order valence-corrected chi connectivity index (χ4v) is 1.97. The molecule has 0 aromatic carbocycles. The standard InChI is InChI=1S/C14H26N2O2/c1-3-5-9-16(8-4-2)14(17)15-12-13-6-10-18-11-7-13/h12H,3-11H2,1-2H3,(H,15,17). The van der Waals surface area contributed by atoms with Gasteiger partial charge in [-0.1, -0.05) is 20.3 Å². The minimum Gasteiger partial charge on any atom is -0.381 e. The third-order valence-electron chi connectivity index (χ3n) is 3.10. The first-order valence-electron chi connectivity index (χ1n) is 7.09. The molecular formula is C14H26N2O2. The Balaban J connectivity index is 2.39. The molecule has 1 rings (SSSR count). The van der Waals surface area contributed by atoms with E-state index in [-0.39, 0.29) is 6.03 Å². The average Bonchev–Trinajstić information content (AvgIpc) is 2.42. The summed E-state index contributed by atoms with van der Waals surface area (Å²) in [5.41, 5.74) is 1.28. The van der Waals surface area contributed by atoms with Gasteiger partial charge >= 0.3 is 6.03 Å². The molecule has 104 valence electrons. The van der Waals surface area contributed by atoms with Crippen molar-refractivity contribution in [1.29, 1.82) is 0 Å². The van der Waals surface area contributed by atoms with Crippen LogP contribution in [0.3, 0.4) is 0 Å². The maximum absolute atomic E-state index is 12.0. The first-order valence-corrected chi connectivity index (χ1v) is 7.09. The lowest BCUT2D eigenvalue weighted by molar-refractivity contribution is 0.119. The van der Waals surface area contributed by atoms with E-state index in [9.17, 15) is 4.79 Å². The van der Waals surface area contributed by atoms with Gasteiger partial charge in [-0.15, -0.1) is 0 Å². The normalized spacial score (nSPS) is 15.3. The molecule has 0 bridgehead atoms. The van der Waals surface area contributed by atoms with E-state index >= 15 is 0 Å². The number of carbonyl (C=O) groups is 1. The highest BCUT2D eigenvalue weighted by Crippen LogP contribution is 2.11. The third kappa shape index (κ3) is 5.54. The number of nitrogens with zero attached hydrogens (tertiary/aromatic N) is 1. The number of amides is 2. The van der Waals surface area contributed by atoms with Crippen LogP contribution in [0.2, 0.25) is 0 Å². The van der Waals surface area contributed by atoms with E-state index < -0.39 is 0 Å². The number of unbranched alkanes of at least 4 members (excludes halogenated alkanes) is 1. The third-order valence-corrected chi connectivity index (χ3v) is 3.10. The Kier molecular flexibility index (Phi) is 7.49. The summed E-state index contributed by atoms with van der Waals surface area (Å²) in [6.45, 7) is 7.47. The fourth-order valence-electron chi connectivity index (χ4n) is 1.97. The molecule has 0 unspecified atom stereocenters. The first-order chi connectivity index (χ1) is 8.77. The highest BCUT2D eigenvalue weighted by molar-refractivity contribution is 5.75. The molecule has 0 saturated carbocycles. The number of carbonyl (C=O) groups excluding carboxylic acids is 1. The van der Waals surface area contributed by atoms with Crippen molar-refractivity contribution in [3.05, 3.63) is 11.8 Å². The van der Waals surface area contributed by atoms with Crippen molar-refractivity contribution in [2.45, 2.75) is 46.0 Å². The largest absolute Gasteiger partial charge is 0.381 e. The molecule has 0 spiro atoms. The van der Waals surface area contributed by atoms with Crippen molar-refractivity contribution in [3.63, 3.8) is 0 Å². The van der Waals surface area contributed by atoms with Crippen LogP contribution < -0.4 is 5.32 Å². The molecule has 4 nitrogen and oxygen atoms in total. The molecule has 1 saturated heterocycles. The highest BCUT2D eigenvalue weighted by Gasteiger charge is 2.11. The van der Waals surface area contributed by atoms with E-state index in [4.69, 9.17) is 4.74 Å². The number of nitrogens with one attached hydrogen (secondary N) is 1. The van der Waals surface area contributed by atoms with Crippen LogP contribution in [-0.2, 0) is 4.74 Å². The number of rotatable bonds is 6. The van der Waals surface area contributed by atoms with Gasteiger partial charge in [0.05, 0.1) is 13.2 Å². The molecule has 2 amide bonds. The van der Waals surface area contributed by atoms with Crippen LogP contribution in [0.1, 0.15) is 46.0 Å². The summed E-state index contributed by atoms with van der Waals surface area (Å²) >= 11 is 0. The molecule has 0 radical (unpaired) electrons. The Morgan fingerprint density at radius 2 is 2.00 bits per heavy atom.